The summed E-state index contributed by atoms with van der Waals surface area (Å²) in [5, 5.41) is 7.12. The van der Waals surface area contributed by atoms with E-state index >= 15 is 0 Å². The van der Waals surface area contributed by atoms with Crippen LogP contribution in [0.2, 0.25) is 0 Å². The minimum atomic E-state index is -0.108. The lowest BCUT2D eigenvalue weighted by atomic mass is 9.82. The van der Waals surface area contributed by atoms with Crippen LogP contribution >= 0.6 is 0 Å². The number of rotatable bonds is 7. The number of hydrogen-bond donors (Lipinski definition) is 1. The van der Waals surface area contributed by atoms with Crippen LogP contribution in [-0.2, 0) is 9.63 Å². The summed E-state index contributed by atoms with van der Waals surface area (Å²) in [4.78, 5) is 17.1. The molecule has 0 unspecified atom stereocenters. The number of nitrogens with zero attached hydrogens (tertiary/aromatic N) is 1. The van der Waals surface area contributed by atoms with Crippen molar-refractivity contribution in [3.05, 3.63) is 0 Å². The summed E-state index contributed by atoms with van der Waals surface area (Å²) in [5.74, 6) is -0.108. The summed E-state index contributed by atoms with van der Waals surface area (Å²) in [6.45, 7) is 20.2. The van der Waals surface area contributed by atoms with Crippen molar-refractivity contribution in [2.45, 2.75) is 81.6 Å². The normalized spacial score (nSPS) is 12.7. The van der Waals surface area contributed by atoms with Gasteiger partial charge in [0.05, 0.1) is 5.71 Å². The second-order valence-electron chi connectivity index (χ2n) is 10.1. The summed E-state index contributed by atoms with van der Waals surface area (Å²) in [5.41, 5.74) is 1.55. The maximum Gasteiger partial charge on any atom is 0.260 e. The first-order chi connectivity index (χ1) is 10.2. The third kappa shape index (κ3) is 15.6. The molecule has 4 nitrogen and oxygen atoms in total. The molecule has 0 aromatic rings. The van der Waals surface area contributed by atoms with Gasteiger partial charge in [0.2, 0.25) is 0 Å². The zero-order chi connectivity index (χ0) is 18.3. The Morgan fingerprint density at radius 3 is 1.74 bits per heavy atom. The van der Waals surface area contributed by atoms with Crippen molar-refractivity contribution in [3.63, 3.8) is 0 Å². The van der Waals surface area contributed by atoms with Crippen LogP contribution in [0.15, 0.2) is 5.16 Å². The maximum absolute atomic E-state index is 11.8. The van der Waals surface area contributed by atoms with Gasteiger partial charge in [0.25, 0.3) is 5.91 Å². The van der Waals surface area contributed by atoms with Gasteiger partial charge in [-0.3, -0.25) is 4.79 Å². The molecule has 0 radical (unpaired) electrons. The zero-order valence-electron chi connectivity index (χ0n) is 16.8. The Hall–Kier alpha value is -1.06. The van der Waals surface area contributed by atoms with Crippen LogP contribution in [-0.4, -0.2) is 24.8 Å². The lowest BCUT2D eigenvalue weighted by Crippen LogP contribution is -2.30. The van der Waals surface area contributed by atoms with Gasteiger partial charge in [-0.2, -0.15) is 0 Å². The largest absolute Gasteiger partial charge is 0.386 e. The van der Waals surface area contributed by atoms with E-state index in [2.05, 4.69) is 72.8 Å². The van der Waals surface area contributed by atoms with E-state index in [1.54, 1.807) is 0 Å². The van der Waals surface area contributed by atoms with Crippen molar-refractivity contribution in [1.29, 1.82) is 0 Å². The third-order valence-corrected chi connectivity index (χ3v) is 3.06. The van der Waals surface area contributed by atoms with E-state index in [1.807, 2.05) is 0 Å². The van der Waals surface area contributed by atoms with E-state index in [9.17, 15) is 4.79 Å². The molecular weight excluding hydrogens is 288 g/mol. The Kier molecular flexibility index (Phi) is 8.30. The maximum atomic E-state index is 11.8. The van der Waals surface area contributed by atoms with Crippen LogP contribution < -0.4 is 5.32 Å². The summed E-state index contributed by atoms with van der Waals surface area (Å²) in [7, 11) is 0. The number of oxime groups is 1. The van der Waals surface area contributed by atoms with Crippen molar-refractivity contribution in [1.82, 2.24) is 5.32 Å². The van der Waals surface area contributed by atoms with Gasteiger partial charge in [-0.05, 0) is 35.5 Å². The lowest BCUT2D eigenvalue weighted by molar-refractivity contribution is -0.125. The van der Waals surface area contributed by atoms with Crippen LogP contribution in [0.4, 0.5) is 0 Å². The molecule has 0 saturated carbocycles. The lowest BCUT2D eigenvalue weighted by Gasteiger charge is -2.24. The van der Waals surface area contributed by atoms with Crippen LogP contribution in [0.3, 0.4) is 0 Å². The summed E-state index contributed by atoms with van der Waals surface area (Å²) < 4.78 is 0. The van der Waals surface area contributed by atoms with E-state index in [0.717, 1.165) is 25.0 Å². The number of amides is 1. The number of carbonyl (C=O) groups is 1. The van der Waals surface area contributed by atoms with Crippen LogP contribution in [0.5, 0.6) is 0 Å². The Bertz CT molecular complexity index is 375. The standard InChI is InChI=1S/C19H38N2O2/c1-17(2,3)10-11-20-16(22)14-23-21-15(12-18(4,5)6)13-19(7,8)9/h10-14H2,1-9H3,(H,20,22). The smallest absolute Gasteiger partial charge is 0.260 e. The Morgan fingerprint density at radius 1 is 0.870 bits per heavy atom. The molecule has 0 heterocycles. The van der Waals surface area contributed by atoms with Gasteiger partial charge in [-0.15, -0.1) is 0 Å². The molecule has 0 rings (SSSR count). The fraction of sp³-hybridized carbons (Fsp3) is 0.895. The molecule has 1 amide bonds. The molecule has 0 aromatic heterocycles. The van der Waals surface area contributed by atoms with E-state index in [-0.39, 0.29) is 28.8 Å². The molecule has 0 saturated heterocycles. The highest BCUT2D eigenvalue weighted by Gasteiger charge is 2.21. The topological polar surface area (TPSA) is 50.7 Å². The van der Waals surface area contributed by atoms with Gasteiger partial charge in [-0.1, -0.05) is 67.5 Å². The quantitative estimate of drug-likeness (QED) is 0.540. The number of carbonyl (C=O) groups excluding carboxylic acids is 1. The van der Waals surface area contributed by atoms with Gasteiger partial charge in [0.15, 0.2) is 6.61 Å². The molecule has 4 heteroatoms. The van der Waals surface area contributed by atoms with Crippen LogP contribution in [0.25, 0.3) is 0 Å². The van der Waals surface area contributed by atoms with Crippen LogP contribution in [0.1, 0.15) is 81.6 Å². The van der Waals surface area contributed by atoms with Crippen molar-refractivity contribution in [3.8, 4) is 0 Å². The highest BCUT2D eigenvalue weighted by Crippen LogP contribution is 2.26. The number of hydrogen-bond acceptors (Lipinski definition) is 3. The fourth-order valence-electron chi connectivity index (χ4n) is 2.16. The zero-order valence-corrected chi connectivity index (χ0v) is 16.8. The first kappa shape index (κ1) is 21.9. The SMILES string of the molecule is CC(C)(C)CCNC(=O)CON=C(CC(C)(C)C)CC(C)(C)C. The average molecular weight is 327 g/mol. The molecule has 0 aromatic carbocycles. The summed E-state index contributed by atoms with van der Waals surface area (Å²) >= 11 is 0. The van der Waals surface area contributed by atoms with E-state index in [1.165, 1.54) is 0 Å². The molecule has 0 spiro atoms. The molecule has 136 valence electrons. The first-order valence-corrected chi connectivity index (χ1v) is 8.62. The highest BCUT2D eigenvalue weighted by atomic mass is 16.6. The van der Waals surface area contributed by atoms with E-state index in [0.29, 0.717) is 6.54 Å². The second-order valence-corrected chi connectivity index (χ2v) is 10.1. The van der Waals surface area contributed by atoms with Gasteiger partial charge >= 0.3 is 0 Å². The van der Waals surface area contributed by atoms with Gasteiger partial charge < -0.3 is 10.2 Å². The minimum absolute atomic E-state index is 0.0120. The number of nitrogens with one attached hydrogen (secondary N) is 1. The van der Waals surface area contributed by atoms with E-state index < -0.39 is 0 Å². The van der Waals surface area contributed by atoms with Gasteiger partial charge in [0.1, 0.15) is 0 Å². The van der Waals surface area contributed by atoms with Gasteiger partial charge in [0, 0.05) is 6.54 Å². The Balaban J connectivity index is 4.40. The molecule has 0 fully saturated rings. The van der Waals surface area contributed by atoms with Crippen molar-refractivity contribution >= 4 is 11.6 Å². The Morgan fingerprint density at radius 2 is 1.35 bits per heavy atom. The first-order valence-electron chi connectivity index (χ1n) is 8.62. The van der Waals surface area contributed by atoms with Crippen LogP contribution in [0, 0.1) is 16.2 Å². The summed E-state index contributed by atoms with van der Waals surface area (Å²) in [6, 6.07) is 0. The van der Waals surface area contributed by atoms with Gasteiger partial charge in [-0.25, -0.2) is 0 Å². The molecule has 23 heavy (non-hydrogen) atoms. The monoisotopic (exact) mass is 326 g/mol. The molecular formula is C19H38N2O2. The molecule has 1 N–H and O–H groups in total. The molecule has 0 bridgehead atoms. The predicted molar refractivity (Wildman–Crippen MR) is 98.6 cm³/mol. The molecule has 0 aliphatic carbocycles. The van der Waals surface area contributed by atoms with Crippen molar-refractivity contribution < 1.29 is 9.63 Å². The average Bonchev–Trinajstić information content (AvgIpc) is 2.21. The minimum Gasteiger partial charge on any atom is -0.386 e. The fourth-order valence-corrected chi connectivity index (χ4v) is 2.16. The van der Waals surface area contributed by atoms with E-state index in [4.69, 9.17) is 4.84 Å². The van der Waals surface area contributed by atoms with Crippen molar-refractivity contribution in [2.75, 3.05) is 13.2 Å². The summed E-state index contributed by atoms with van der Waals surface area (Å²) in [6.07, 6.45) is 2.69. The predicted octanol–water partition coefficient (Wildman–Crippen LogP) is 4.78. The molecule has 0 aliphatic heterocycles. The molecule has 0 atom stereocenters. The molecule has 0 aliphatic rings. The van der Waals surface area contributed by atoms with Crippen molar-refractivity contribution in [2.24, 2.45) is 21.4 Å². The third-order valence-electron chi connectivity index (χ3n) is 3.06. The highest BCUT2D eigenvalue weighted by molar-refractivity contribution is 5.85. The Labute approximate surface area is 143 Å². The second kappa shape index (κ2) is 8.70.